The molecule has 2 N–H and O–H groups in total. The van der Waals surface area contributed by atoms with Gasteiger partial charge in [-0.15, -0.1) is 0 Å². The number of halogens is 1. The summed E-state index contributed by atoms with van der Waals surface area (Å²) in [6, 6.07) is 11.0. The topological polar surface area (TPSA) is 95.6 Å². The predicted molar refractivity (Wildman–Crippen MR) is 102 cm³/mol. The van der Waals surface area contributed by atoms with E-state index in [0.29, 0.717) is 18.7 Å². The lowest BCUT2D eigenvalue weighted by Crippen LogP contribution is -2.42. The highest BCUT2D eigenvalue weighted by atomic mass is 32.2. The maximum Gasteiger partial charge on any atom is 0.269 e. The lowest BCUT2D eigenvalue weighted by atomic mass is 10.1. The second-order valence-corrected chi connectivity index (χ2v) is 7.86. The monoisotopic (exact) mass is 407 g/mol. The van der Waals surface area contributed by atoms with Crippen LogP contribution in [0.2, 0.25) is 0 Å². The van der Waals surface area contributed by atoms with Crippen LogP contribution in [0.5, 0.6) is 0 Å². The third-order valence-corrected chi connectivity index (χ3v) is 6.08. The Morgan fingerprint density at radius 3 is 2.25 bits per heavy atom. The molecule has 2 aromatic rings. The highest BCUT2D eigenvalue weighted by Gasteiger charge is 2.22. The van der Waals surface area contributed by atoms with E-state index in [9.17, 15) is 22.4 Å². The molecular weight excluding hydrogens is 385 g/mol. The normalized spacial score (nSPS) is 11.3. The first kappa shape index (κ1) is 21.5. The lowest BCUT2D eigenvalue weighted by Gasteiger charge is -2.18. The lowest BCUT2D eigenvalue weighted by molar-refractivity contribution is -0.121. The van der Waals surface area contributed by atoms with Crippen LogP contribution in [0.25, 0.3) is 0 Å². The van der Waals surface area contributed by atoms with Gasteiger partial charge in [0.05, 0.1) is 11.3 Å². The van der Waals surface area contributed by atoms with Crippen LogP contribution in [-0.4, -0.2) is 37.6 Å². The Kier molecular flexibility index (Phi) is 7.24. The molecule has 0 aliphatic carbocycles. The van der Waals surface area contributed by atoms with E-state index in [-0.39, 0.29) is 16.9 Å². The summed E-state index contributed by atoms with van der Waals surface area (Å²) in [5.41, 5.74) is 5.18. The molecule has 0 fully saturated rings. The maximum absolute atomic E-state index is 12.9. The van der Waals surface area contributed by atoms with Crippen molar-refractivity contribution in [3.05, 3.63) is 65.5 Å². The van der Waals surface area contributed by atoms with Gasteiger partial charge >= 0.3 is 0 Å². The summed E-state index contributed by atoms with van der Waals surface area (Å²) in [7, 11) is -3.70. The van der Waals surface area contributed by atoms with Crippen molar-refractivity contribution in [2.75, 3.05) is 13.1 Å². The molecule has 0 spiro atoms. The summed E-state index contributed by atoms with van der Waals surface area (Å²) < 4.78 is 39.3. The van der Waals surface area contributed by atoms with Crippen molar-refractivity contribution < 1.29 is 22.4 Å². The van der Waals surface area contributed by atoms with Gasteiger partial charge in [-0.05, 0) is 35.9 Å². The van der Waals surface area contributed by atoms with Gasteiger partial charge in [0, 0.05) is 18.7 Å². The van der Waals surface area contributed by atoms with E-state index in [2.05, 4.69) is 10.9 Å². The number of amides is 2. The van der Waals surface area contributed by atoms with Gasteiger partial charge in [0.1, 0.15) is 5.82 Å². The van der Waals surface area contributed by atoms with Gasteiger partial charge in [-0.2, -0.15) is 4.31 Å². The van der Waals surface area contributed by atoms with E-state index in [1.54, 1.807) is 13.8 Å². The number of hydrogen-bond donors (Lipinski definition) is 2. The van der Waals surface area contributed by atoms with Crippen molar-refractivity contribution in [1.82, 2.24) is 15.2 Å². The van der Waals surface area contributed by atoms with Crippen molar-refractivity contribution in [3.8, 4) is 0 Å². The second-order valence-electron chi connectivity index (χ2n) is 5.92. The minimum atomic E-state index is -3.70. The molecule has 0 aromatic heterocycles. The van der Waals surface area contributed by atoms with Crippen molar-refractivity contribution >= 4 is 21.8 Å². The first-order chi connectivity index (χ1) is 13.3. The number of carbonyl (C=O) groups excluding carboxylic acids is 2. The highest BCUT2D eigenvalue weighted by Crippen LogP contribution is 2.16. The second kappa shape index (κ2) is 9.43. The van der Waals surface area contributed by atoms with Crippen molar-refractivity contribution in [2.24, 2.45) is 0 Å². The number of benzene rings is 2. The molecule has 28 heavy (non-hydrogen) atoms. The molecule has 0 heterocycles. The van der Waals surface area contributed by atoms with E-state index in [4.69, 9.17) is 0 Å². The minimum absolute atomic E-state index is 0.00138. The van der Waals surface area contributed by atoms with Crippen LogP contribution in [0, 0.1) is 5.82 Å². The maximum atomic E-state index is 12.9. The Bertz CT molecular complexity index is 942. The van der Waals surface area contributed by atoms with E-state index >= 15 is 0 Å². The molecule has 0 atom stereocenters. The predicted octanol–water partition coefficient (Wildman–Crippen LogP) is 1.86. The number of sulfonamides is 1. The minimum Gasteiger partial charge on any atom is -0.273 e. The SMILES string of the molecule is CCN(CC)S(=O)(=O)c1cccc(C(=O)NNC(=O)Cc2ccc(F)cc2)c1. The molecule has 2 rings (SSSR count). The van der Waals surface area contributed by atoms with Crippen LogP contribution in [0.1, 0.15) is 29.8 Å². The largest absolute Gasteiger partial charge is 0.273 e. The van der Waals surface area contributed by atoms with Gasteiger partial charge in [-0.3, -0.25) is 20.4 Å². The summed E-state index contributed by atoms with van der Waals surface area (Å²) >= 11 is 0. The quantitative estimate of drug-likeness (QED) is 0.685. The van der Waals surface area contributed by atoms with Gasteiger partial charge < -0.3 is 0 Å². The van der Waals surface area contributed by atoms with E-state index in [1.165, 1.54) is 52.8 Å². The van der Waals surface area contributed by atoms with Gasteiger partial charge in [-0.1, -0.05) is 32.0 Å². The zero-order valence-corrected chi connectivity index (χ0v) is 16.4. The first-order valence-electron chi connectivity index (χ1n) is 8.71. The molecule has 0 saturated carbocycles. The smallest absolute Gasteiger partial charge is 0.269 e. The average molecular weight is 407 g/mol. The summed E-state index contributed by atoms with van der Waals surface area (Å²) in [6.45, 7) is 4.09. The number of rotatable bonds is 7. The van der Waals surface area contributed by atoms with Gasteiger partial charge in [0.15, 0.2) is 0 Å². The Balaban J connectivity index is 2.02. The fraction of sp³-hybridized carbons (Fsp3) is 0.263. The molecule has 2 amide bonds. The van der Waals surface area contributed by atoms with Crippen molar-refractivity contribution in [3.63, 3.8) is 0 Å². The number of nitrogens with one attached hydrogen (secondary N) is 2. The molecule has 0 saturated heterocycles. The zero-order valence-electron chi connectivity index (χ0n) is 15.6. The van der Waals surface area contributed by atoms with Crippen LogP contribution in [0.15, 0.2) is 53.4 Å². The highest BCUT2D eigenvalue weighted by molar-refractivity contribution is 7.89. The molecule has 0 radical (unpaired) electrons. The number of carbonyl (C=O) groups is 2. The number of nitrogens with zero attached hydrogens (tertiary/aromatic N) is 1. The zero-order chi connectivity index (χ0) is 20.7. The van der Waals surface area contributed by atoms with Crippen LogP contribution in [-0.2, 0) is 21.2 Å². The van der Waals surface area contributed by atoms with Gasteiger partial charge in [-0.25, -0.2) is 12.8 Å². The molecule has 2 aromatic carbocycles. The number of hydrazine groups is 1. The Labute approximate surface area is 163 Å². The Morgan fingerprint density at radius 1 is 1.00 bits per heavy atom. The third-order valence-electron chi connectivity index (χ3n) is 4.03. The van der Waals surface area contributed by atoms with Crippen LogP contribution >= 0.6 is 0 Å². The van der Waals surface area contributed by atoms with Crippen molar-refractivity contribution in [2.45, 2.75) is 25.2 Å². The fourth-order valence-electron chi connectivity index (χ4n) is 2.54. The molecule has 0 unspecified atom stereocenters. The molecule has 0 aliphatic rings. The summed E-state index contributed by atoms with van der Waals surface area (Å²) in [5.74, 6) is -1.55. The fourth-order valence-corrected chi connectivity index (χ4v) is 4.05. The molecular formula is C19H22FN3O4S. The van der Waals surface area contributed by atoms with Gasteiger partial charge in [0.25, 0.3) is 5.91 Å². The van der Waals surface area contributed by atoms with Crippen LogP contribution in [0.3, 0.4) is 0 Å². The summed E-state index contributed by atoms with van der Waals surface area (Å²) in [4.78, 5) is 24.2. The summed E-state index contributed by atoms with van der Waals surface area (Å²) in [6.07, 6.45) is -0.0447. The summed E-state index contributed by atoms with van der Waals surface area (Å²) in [5, 5.41) is 0. The van der Waals surface area contributed by atoms with E-state index in [1.807, 2.05) is 0 Å². The van der Waals surface area contributed by atoms with Crippen molar-refractivity contribution in [1.29, 1.82) is 0 Å². The number of hydrogen-bond acceptors (Lipinski definition) is 4. The third kappa shape index (κ3) is 5.37. The standard InChI is InChI=1S/C19H22FN3O4S/c1-3-23(4-2)28(26,27)17-7-5-6-15(13-17)19(25)22-21-18(24)12-14-8-10-16(20)11-9-14/h5-11,13H,3-4,12H2,1-2H3,(H,21,24)(H,22,25). The Morgan fingerprint density at radius 2 is 1.64 bits per heavy atom. The van der Waals surface area contributed by atoms with E-state index in [0.717, 1.165) is 0 Å². The first-order valence-corrected chi connectivity index (χ1v) is 10.2. The molecule has 0 bridgehead atoms. The van der Waals surface area contributed by atoms with E-state index < -0.39 is 27.7 Å². The van der Waals surface area contributed by atoms with Crippen LogP contribution in [0.4, 0.5) is 4.39 Å². The molecule has 150 valence electrons. The molecule has 7 nitrogen and oxygen atoms in total. The molecule has 9 heteroatoms. The van der Waals surface area contributed by atoms with Crippen LogP contribution < -0.4 is 10.9 Å². The average Bonchev–Trinajstić information content (AvgIpc) is 2.68. The Hall–Kier alpha value is -2.78. The molecule has 0 aliphatic heterocycles. The van der Waals surface area contributed by atoms with Gasteiger partial charge in [0.2, 0.25) is 15.9 Å².